The first-order valence-corrected chi connectivity index (χ1v) is 9.73. The van der Waals surface area contributed by atoms with E-state index in [2.05, 4.69) is 20.6 Å². The summed E-state index contributed by atoms with van der Waals surface area (Å²) < 4.78 is 0. The highest BCUT2D eigenvalue weighted by Crippen LogP contribution is 2.27. The van der Waals surface area contributed by atoms with Crippen molar-refractivity contribution in [2.75, 3.05) is 10.6 Å². The summed E-state index contributed by atoms with van der Waals surface area (Å²) in [5.74, 6) is -0.192. The van der Waals surface area contributed by atoms with Crippen LogP contribution in [0.2, 0.25) is 5.02 Å². The van der Waals surface area contributed by atoms with Gasteiger partial charge in [-0.1, -0.05) is 17.7 Å². The first kappa shape index (κ1) is 18.2. The third-order valence-corrected chi connectivity index (χ3v) is 4.97. The third kappa shape index (κ3) is 4.36. The largest absolute Gasteiger partial charge is 0.331 e. The summed E-state index contributed by atoms with van der Waals surface area (Å²) in [5, 5.41) is 9.52. The molecule has 0 spiro atoms. The van der Waals surface area contributed by atoms with Crippen molar-refractivity contribution >= 4 is 45.4 Å². The van der Waals surface area contributed by atoms with Crippen molar-refractivity contribution in [3.63, 3.8) is 0 Å². The minimum Gasteiger partial charge on any atom is -0.331 e. The van der Waals surface area contributed by atoms with Crippen LogP contribution in [-0.2, 0) is 0 Å². The van der Waals surface area contributed by atoms with Gasteiger partial charge in [-0.15, -0.1) is 11.3 Å². The van der Waals surface area contributed by atoms with Gasteiger partial charge in [0.25, 0.3) is 5.91 Å². The highest BCUT2D eigenvalue weighted by Gasteiger charge is 2.08. The number of amides is 1. The molecule has 4 aromatic rings. The van der Waals surface area contributed by atoms with Gasteiger partial charge in [0.15, 0.2) is 5.13 Å². The SMILES string of the molecule is O=C(Nc1cccc(Nc2nc(-c3ccncc3)cs2)c1)c1ccc(Cl)cc1. The molecule has 0 saturated heterocycles. The quantitative estimate of drug-likeness (QED) is 0.436. The Morgan fingerprint density at radius 2 is 1.71 bits per heavy atom. The molecule has 2 N–H and O–H groups in total. The molecule has 0 aliphatic carbocycles. The van der Waals surface area contributed by atoms with E-state index in [-0.39, 0.29) is 5.91 Å². The van der Waals surface area contributed by atoms with Crippen molar-refractivity contribution in [1.82, 2.24) is 9.97 Å². The summed E-state index contributed by atoms with van der Waals surface area (Å²) >= 11 is 7.38. The zero-order chi connectivity index (χ0) is 19.3. The molecule has 2 aromatic carbocycles. The number of anilines is 3. The number of halogens is 1. The molecule has 0 aliphatic rings. The molecule has 4 rings (SSSR count). The lowest BCUT2D eigenvalue weighted by atomic mass is 10.2. The van der Waals surface area contributed by atoms with Crippen LogP contribution in [0, 0.1) is 0 Å². The molecule has 2 aromatic heterocycles. The molecule has 5 nitrogen and oxygen atoms in total. The highest BCUT2D eigenvalue weighted by molar-refractivity contribution is 7.14. The maximum atomic E-state index is 12.4. The van der Waals surface area contributed by atoms with Gasteiger partial charge < -0.3 is 10.6 Å². The Balaban J connectivity index is 1.46. The first-order valence-electron chi connectivity index (χ1n) is 8.47. The summed E-state index contributed by atoms with van der Waals surface area (Å²) in [6.07, 6.45) is 3.49. The van der Waals surface area contributed by atoms with E-state index in [9.17, 15) is 4.79 Å². The lowest BCUT2D eigenvalue weighted by molar-refractivity contribution is 0.102. The fourth-order valence-corrected chi connectivity index (χ4v) is 3.45. The third-order valence-electron chi connectivity index (χ3n) is 3.96. The molecule has 0 radical (unpaired) electrons. The summed E-state index contributed by atoms with van der Waals surface area (Å²) in [7, 11) is 0. The Morgan fingerprint density at radius 1 is 0.964 bits per heavy atom. The van der Waals surface area contributed by atoms with Crippen molar-refractivity contribution in [2.45, 2.75) is 0 Å². The maximum Gasteiger partial charge on any atom is 0.255 e. The number of nitrogens with zero attached hydrogens (tertiary/aromatic N) is 2. The lowest BCUT2D eigenvalue weighted by Crippen LogP contribution is -2.11. The van der Waals surface area contributed by atoms with Crippen molar-refractivity contribution in [3.8, 4) is 11.3 Å². The highest BCUT2D eigenvalue weighted by atomic mass is 35.5. The molecule has 0 unspecified atom stereocenters. The molecule has 0 fully saturated rings. The van der Waals surface area contributed by atoms with Crippen molar-refractivity contribution in [3.05, 3.63) is 89.0 Å². The van der Waals surface area contributed by atoms with Crippen LogP contribution < -0.4 is 10.6 Å². The molecule has 0 aliphatic heterocycles. The lowest BCUT2D eigenvalue weighted by Gasteiger charge is -2.08. The van der Waals surface area contributed by atoms with Gasteiger partial charge in [-0.05, 0) is 54.6 Å². The summed E-state index contributed by atoms with van der Waals surface area (Å²) in [5.41, 5.74) is 3.98. The van der Waals surface area contributed by atoms with Gasteiger partial charge in [0.05, 0.1) is 5.69 Å². The minimum absolute atomic E-state index is 0.192. The summed E-state index contributed by atoms with van der Waals surface area (Å²) in [6.45, 7) is 0. The van der Waals surface area contributed by atoms with Gasteiger partial charge in [0, 0.05) is 45.3 Å². The second-order valence-corrected chi connectivity index (χ2v) is 7.24. The van der Waals surface area contributed by atoms with Gasteiger partial charge in [-0.3, -0.25) is 9.78 Å². The minimum atomic E-state index is -0.192. The Hall–Kier alpha value is -3.22. The second-order valence-electron chi connectivity index (χ2n) is 5.94. The number of nitrogens with one attached hydrogen (secondary N) is 2. The molecule has 2 heterocycles. The standard InChI is InChI=1S/C21H15ClN4OS/c22-16-6-4-15(5-7-16)20(27)24-17-2-1-3-18(12-17)25-21-26-19(13-28-21)14-8-10-23-11-9-14/h1-13H,(H,24,27)(H,25,26). The van der Waals surface area contributed by atoms with Crippen LogP contribution >= 0.6 is 22.9 Å². The maximum absolute atomic E-state index is 12.4. The number of pyridine rings is 1. The Labute approximate surface area is 171 Å². The fourth-order valence-electron chi connectivity index (χ4n) is 2.59. The number of carbonyl (C=O) groups excluding carboxylic acids is 1. The van der Waals surface area contributed by atoms with E-state index in [0.717, 1.165) is 22.1 Å². The molecule has 1 amide bonds. The molecule has 28 heavy (non-hydrogen) atoms. The molecule has 138 valence electrons. The molecular formula is C21H15ClN4OS. The number of benzene rings is 2. The Morgan fingerprint density at radius 3 is 2.50 bits per heavy atom. The van der Waals surface area contributed by atoms with Crippen molar-refractivity contribution < 1.29 is 4.79 Å². The summed E-state index contributed by atoms with van der Waals surface area (Å²) in [4.78, 5) is 21.0. The van der Waals surface area contributed by atoms with Gasteiger partial charge >= 0.3 is 0 Å². The van der Waals surface area contributed by atoms with Crippen LogP contribution in [0.25, 0.3) is 11.3 Å². The van der Waals surface area contributed by atoms with Crippen LogP contribution in [-0.4, -0.2) is 15.9 Å². The molecular weight excluding hydrogens is 392 g/mol. The number of carbonyl (C=O) groups is 1. The Kier molecular flexibility index (Phi) is 5.32. The molecule has 7 heteroatoms. The number of hydrogen-bond acceptors (Lipinski definition) is 5. The van der Waals surface area contributed by atoms with Gasteiger partial charge in [-0.2, -0.15) is 0 Å². The van der Waals surface area contributed by atoms with Crippen LogP contribution in [0.1, 0.15) is 10.4 Å². The van der Waals surface area contributed by atoms with Crippen LogP contribution in [0.15, 0.2) is 78.4 Å². The van der Waals surface area contributed by atoms with E-state index in [4.69, 9.17) is 11.6 Å². The molecule has 0 bridgehead atoms. The van der Waals surface area contributed by atoms with Gasteiger partial charge in [0.2, 0.25) is 0 Å². The topological polar surface area (TPSA) is 66.9 Å². The average Bonchev–Trinajstić information content (AvgIpc) is 3.18. The predicted molar refractivity (Wildman–Crippen MR) is 114 cm³/mol. The molecule has 0 saturated carbocycles. The van der Waals surface area contributed by atoms with Crippen LogP contribution in [0.4, 0.5) is 16.5 Å². The monoisotopic (exact) mass is 406 g/mol. The van der Waals surface area contributed by atoms with E-state index in [1.807, 2.05) is 41.8 Å². The number of aromatic nitrogens is 2. The molecule has 0 atom stereocenters. The van der Waals surface area contributed by atoms with Crippen LogP contribution in [0.5, 0.6) is 0 Å². The average molecular weight is 407 g/mol. The van der Waals surface area contributed by atoms with Gasteiger partial charge in [0.1, 0.15) is 0 Å². The normalized spacial score (nSPS) is 10.5. The van der Waals surface area contributed by atoms with Crippen molar-refractivity contribution in [2.24, 2.45) is 0 Å². The van der Waals surface area contributed by atoms with E-state index in [0.29, 0.717) is 16.3 Å². The van der Waals surface area contributed by atoms with Crippen LogP contribution in [0.3, 0.4) is 0 Å². The zero-order valence-corrected chi connectivity index (χ0v) is 16.2. The van der Waals surface area contributed by atoms with Gasteiger partial charge in [-0.25, -0.2) is 4.98 Å². The van der Waals surface area contributed by atoms with E-state index >= 15 is 0 Å². The fraction of sp³-hybridized carbons (Fsp3) is 0. The van der Waals surface area contributed by atoms with Crippen molar-refractivity contribution in [1.29, 1.82) is 0 Å². The number of rotatable bonds is 5. The second kappa shape index (κ2) is 8.21. The van der Waals surface area contributed by atoms with E-state index in [1.54, 1.807) is 36.7 Å². The number of hydrogen-bond donors (Lipinski definition) is 2. The Bertz CT molecular complexity index is 1100. The first-order chi connectivity index (χ1) is 13.7. The van der Waals surface area contributed by atoms with E-state index < -0.39 is 0 Å². The van der Waals surface area contributed by atoms with E-state index in [1.165, 1.54) is 11.3 Å². The number of thiazole rings is 1. The smallest absolute Gasteiger partial charge is 0.255 e. The predicted octanol–water partition coefficient (Wildman–Crippen LogP) is 5.85. The zero-order valence-electron chi connectivity index (χ0n) is 14.6. The summed E-state index contributed by atoms with van der Waals surface area (Å²) in [6, 6.07) is 18.1.